The van der Waals surface area contributed by atoms with E-state index in [4.69, 9.17) is 9.42 Å². The summed E-state index contributed by atoms with van der Waals surface area (Å²) in [7, 11) is -3.85. The quantitative estimate of drug-likeness (QED) is 0.688. The van der Waals surface area contributed by atoms with Gasteiger partial charge in [0.1, 0.15) is 5.76 Å². The van der Waals surface area contributed by atoms with Crippen molar-refractivity contribution in [2.24, 2.45) is 0 Å². The van der Waals surface area contributed by atoms with Gasteiger partial charge in [-0.15, -0.1) is 0 Å². The van der Waals surface area contributed by atoms with Gasteiger partial charge in [-0.25, -0.2) is 4.57 Å². The van der Waals surface area contributed by atoms with Crippen molar-refractivity contribution < 1.29 is 18.5 Å². The first-order chi connectivity index (χ1) is 5.64. The van der Waals surface area contributed by atoms with Gasteiger partial charge in [-0.2, -0.15) is 0 Å². The van der Waals surface area contributed by atoms with E-state index in [0.29, 0.717) is 12.2 Å². The van der Waals surface area contributed by atoms with Crippen LogP contribution >= 0.6 is 7.82 Å². The Balaban J connectivity index is 2.44. The van der Waals surface area contributed by atoms with Crippen molar-refractivity contribution in [2.45, 2.75) is 13.3 Å². The third-order valence-electron chi connectivity index (χ3n) is 1.26. The SMILES string of the molecule is CCOP(=O)(O)OC1=CC=CC1. The minimum atomic E-state index is -3.85. The third-order valence-corrected chi connectivity index (χ3v) is 2.31. The number of rotatable bonds is 4. The maximum atomic E-state index is 11.0. The first-order valence-corrected chi connectivity index (χ1v) is 5.16. The summed E-state index contributed by atoms with van der Waals surface area (Å²) < 4.78 is 20.3. The topological polar surface area (TPSA) is 55.8 Å². The normalized spacial score (nSPS) is 20.3. The van der Waals surface area contributed by atoms with E-state index in [-0.39, 0.29) is 6.61 Å². The Kier molecular flexibility index (Phi) is 3.09. The summed E-state index contributed by atoms with van der Waals surface area (Å²) in [5.74, 6) is 0.467. The van der Waals surface area contributed by atoms with Gasteiger partial charge in [-0.3, -0.25) is 9.42 Å². The van der Waals surface area contributed by atoms with Crippen LogP contribution < -0.4 is 0 Å². The van der Waals surface area contributed by atoms with E-state index in [2.05, 4.69) is 4.52 Å². The third kappa shape index (κ3) is 2.81. The molecule has 0 spiro atoms. The van der Waals surface area contributed by atoms with Crippen LogP contribution in [0.25, 0.3) is 0 Å². The Labute approximate surface area is 71.1 Å². The number of hydrogen-bond donors (Lipinski definition) is 1. The molecule has 1 N–H and O–H groups in total. The van der Waals surface area contributed by atoms with Crippen molar-refractivity contribution in [1.29, 1.82) is 0 Å². The Hall–Kier alpha value is -0.570. The first-order valence-electron chi connectivity index (χ1n) is 3.66. The van der Waals surface area contributed by atoms with Gasteiger partial charge >= 0.3 is 7.82 Å². The second-order valence-electron chi connectivity index (χ2n) is 2.24. The molecule has 68 valence electrons. The number of phosphoric ester groups is 1. The molecule has 0 aromatic rings. The summed E-state index contributed by atoms with van der Waals surface area (Å²) in [6.45, 7) is 1.79. The molecule has 5 heteroatoms. The molecule has 1 unspecified atom stereocenters. The zero-order valence-electron chi connectivity index (χ0n) is 6.77. The highest BCUT2D eigenvalue weighted by Gasteiger charge is 2.22. The fourth-order valence-electron chi connectivity index (χ4n) is 0.833. The predicted molar refractivity (Wildman–Crippen MR) is 44.4 cm³/mol. The van der Waals surface area contributed by atoms with E-state index in [1.165, 1.54) is 0 Å². The molecule has 0 heterocycles. The standard InChI is InChI=1S/C7H11O4P/c1-2-10-12(8,9)11-7-5-3-4-6-7/h3-5H,2,6H2,1H3,(H,8,9). The number of phosphoric acid groups is 1. The van der Waals surface area contributed by atoms with Crippen LogP contribution in [0.3, 0.4) is 0 Å². The van der Waals surface area contributed by atoms with Crippen molar-refractivity contribution in [3.8, 4) is 0 Å². The molecular formula is C7H11O4P. The largest absolute Gasteiger partial charge is 0.527 e. The molecule has 0 amide bonds. The van der Waals surface area contributed by atoms with Gasteiger partial charge in [-0.1, -0.05) is 12.2 Å². The molecule has 1 rings (SSSR count). The molecule has 12 heavy (non-hydrogen) atoms. The first kappa shape index (κ1) is 9.52. The lowest BCUT2D eigenvalue weighted by Crippen LogP contribution is -1.93. The summed E-state index contributed by atoms with van der Waals surface area (Å²) in [6, 6.07) is 0. The smallest absolute Gasteiger partial charge is 0.408 e. The molecule has 1 aliphatic carbocycles. The Morgan fingerprint density at radius 1 is 1.75 bits per heavy atom. The molecular weight excluding hydrogens is 179 g/mol. The minimum Gasteiger partial charge on any atom is -0.408 e. The number of hydrogen-bond acceptors (Lipinski definition) is 3. The van der Waals surface area contributed by atoms with E-state index in [9.17, 15) is 4.57 Å². The monoisotopic (exact) mass is 190 g/mol. The lowest BCUT2D eigenvalue weighted by Gasteiger charge is -2.11. The van der Waals surface area contributed by atoms with Crippen LogP contribution in [-0.4, -0.2) is 11.5 Å². The molecule has 0 aromatic carbocycles. The van der Waals surface area contributed by atoms with Gasteiger partial charge in [0.05, 0.1) is 6.61 Å². The molecule has 4 nitrogen and oxygen atoms in total. The Morgan fingerprint density at radius 3 is 3.00 bits per heavy atom. The van der Waals surface area contributed by atoms with E-state index in [1.807, 2.05) is 6.08 Å². The molecule has 0 aliphatic heterocycles. The highest BCUT2D eigenvalue weighted by Crippen LogP contribution is 2.46. The summed E-state index contributed by atoms with van der Waals surface area (Å²) >= 11 is 0. The second-order valence-corrected chi connectivity index (χ2v) is 3.62. The summed E-state index contributed by atoms with van der Waals surface area (Å²) in [4.78, 5) is 9.02. The van der Waals surface area contributed by atoms with Gasteiger partial charge in [0.25, 0.3) is 0 Å². The van der Waals surface area contributed by atoms with Gasteiger partial charge in [0.2, 0.25) is 0 Å². The Bertz CT molecular complexity index is 256. The molecule has 1 atom stereocenters. The maximum absolute atomic E-state index is 11.0. The van der Waals surface area contributed by atoms with E-state index < -0.39 is 7.82 Å². The molecule has 0 radical (unpaired) electrons. The van der Waals surface area contributed by atoms with E-state index in [0.717, 1.165) is 0 Å². The highest BCUT2D eigenvalue weighted by atomic mass is 31.2. The zero-order valence-corrected chi connectivity index (χ0v) is 7.66. The van der Waals surface area contributed by atoms with Gasteiger partial charge in [0.15, 0.2) is 0 Å². The van der Waals surface area contributed by atoms with E-state index in [1.54, 1.807) is 19.1 Å². The summed E-state index contributed by atoms with van der Waals surface area (Å²) in [5, 5.41) is 0. The number of allylic oxidation sites excluding steroid dienone is 3. The molecule has 0 saturated heterocycles. The molecule has 0 saturated carbocycles. The average molecular weight is 190 g/mol. The molecule has 0 fully saturated rings. The van der Waals surface area contributed by atoms with Crippen LogP contribution in [0.1, 0.15) is 13.3 Å². The minimum absolute atomic E-state index is 0.161. The fraction of sp³-hybridized carbons (Fsp3) is 0.429. The maximum Gasteiger partial charge on any atom is 0.527 e. The van der Waals surface area contributed by atoms with E-state index >= 15 is 0 Å². The van der Waals surface area contributed by atoms with Crippen molar-refractivity contribution >= 4 is 7.82 Å². The zero-order chi connectivity index (χ0) is 9.03. The second kappa shape index (κ2) is 3.90. The lowest BCUT2D eigenvalue weighted by molar-refractivity contribution is 0.185. The van der Waals surface area contributed by atoms with Gasteiger partial charge in [-0.05, 0) is 13.0 Å². The van der Waals surface area contributed by atoms with Gasteiger partial charge < -0.3 is 4.52 Å². The summed E-state index contributed by atoms with van der Waals surface area (Å²) in [5.41, 5.74) is 0. The Morgan fingerprint density at radius 2 is 2.50 bits per heavy atom. The van der Waals surface area contributed by atoms with Crippen LogP contribution in [0.15, 0.2) is 24.0 Å². The fourth-order valence-corrected chi connectivity index (χ4v) is 1.64. The van der Waals surface area contributed by atoms with Crippen LogP contribution in [-0.2, 0) is 13.6 Å². The highest BCUT2D eigenvalue weighted by molar-refractivity contribution is 7.47. The van der Waals surface area contributed by atoms with Gasteiger partial charge in [0, 0.05) is 6.42 Å². The summed E-state index contributed by atoms with van der Waals surface area (Å²) in [6.07, 6.45) is 5.79. The lowest BCUT2D eigenvalue weighted by atomic mass is 10.4. The predicted octanol–water partition coefficient (Wildman–Crippen LogP) is 1.98. The van der Waals surface area contributed by atoms with Crippen LogP contribution in [0, 0.1) is 0 Å². The van der Waals surface area contributed by atoms with Crippen LogP contribution in [0.2, 0.25) is 0 Å². The van der Waals surface area contributed by atoms with Crippen molar-refractivity contribution in [3.63, 3.8) is 0 Å². The van der Waals surface area contributed by atoms with Crippen molar-refractivity contribution in [2.75, 3.05) is 6.61 Å². The molecule has 0 aromatic heterocycles. The van der Waals surface area contributed by atoms with Crippen molar-refractivity contribution in [1.82, 2.24) is 0 Å². The van der Waals surface area contributed by atoms with Crippen LogP contribution in [0.5, 0.6) is 0 Å². The van der Waals surface area contributed by atoms with Crippen LogP contribution in [0.4, 0.5) is 0 Å². The molecule has 1 aliphatic rings. The van der Waals surface area contributed by atoms with Crippen molar-refractivity contribution in [3.05, 3.63) is 24.0 Å². The molecule has 0 bridgehead atoms. The average Bonchev–Trinajstić information content (AvgIpc) is 2.38.